The Kier molecular flexibility index (Phi) is 2.83. The Hall–Kier alpha value is -0.940. The van der Waals surface area contributed by atoms with Crippen LogP contribution in [0.4, 0.5) is 0 Å². The maximum Gasteiger partial charge on any atom is 0.328 e. The number of aliphatic hydroxyl groups excluding tert-OH is 1. The number of carboxylic acids is 1. The van der Waals surface area contributed by atoms with Crippen molar-refractivity contribution < 1.29 is 19.8 Å². The van der Waals surface area contributed by atoms with Gasteiger partial charge in [0.25, 0.3) is 0 Å². The summed E-state index contributed by atoms with van der Waals surface area (Å²) in [6.07, 6.45) is 0. The smallest absolute Gasteiger partial charge is 0.328 e. The minimum atomic E-state index is -1.59. The lowest BCUT2D eigenvalue weighted by molar-refractivity contribution is -0.142. The Labute approximate surface area is 51.1 Å². The second-order valence-corrected chi connectivity index (χ2v) is 1.44. The summed E-state index contributed by atoms with van der Waals surface area (Å²) in [5.41, 5.74) is 4.76. The molecule has 0 amide bonds. The molecular weight excluding hydrogens is 126 g/mol. The van der Waals surface area contributed by atoms with Gasteiger partial charge in [-0.05, 0) is 0 Å². The van der Waals surface area contributed by atoms with Crippen LogP contribution >= 0.6 is 0 Å². The van der Waals surface area contributed by atoms with Gasteiger partial charge in [-0.15, -0.1) is 0 Å². The average molecular weight is 133 g/mol. The monoisotopic (exact) mass is 133 g/mol. The van der Waals surface area contributed by atoms with Crippen LogP contribution in [0.2, 0.25) is 0 Å². The Morgan fingerprint density at radius 1 is 1.56 bits per heavy atom. The second kappa shape index (κ2) is 3.16. The first-order chi connectivity index (χ1) is 4.09. The largest absolute Gasteiger partial charge is 0.480 e. The Balaban J connectivity index is 3.88. The van der Waals surface area contributed by atoms with Gasteiger partial charge in [-0.3, -0.25) is 9.59 Å². The number of Topliss-reactive ketones (excluding diaryl/α,β-unsaturated/α-hetero) is 1. The topological polar surface area (TPSA) is 101 Å². The van der Waals surface area contributed by atoms with Crippen LogP contribution in [0.3, 0.4) is 0 Å². The molecule has 0 aliphatic carbocycles. The van der Waals surface area contributed by atoms with Gasteiger partial charge in [0.1, 0.15) is 6.61 Å². The van der Waals surface area contributed by atoms with Crippen molar-refractivity contribution in [3.8, 4) is 0 Å². The van der Waals surface area contributed by atoms with Crippen LogP contribution in [0.25, 0.3) is 0 Å². The number of hydrogen-bond donors (Lipinski definition) is 3. The molecule has 5 nitrogen and oxygen atoms in total. The number of aliphatic hydroxyl groups is 1. The molecule has 0 saturated heterocycles. The standard InChI is InChI=1S/C4H7NO4/c5-3(4(8)9)2(7)1-6/h3,6H,1,5H2,(H,8,9). The van der Waals surface area contributed by atoms with E-state index in [1.165, 1.54) is 0 Å². The maximum absolute atomic E-state index is 10.2. The number of rotatable bonds is 3. The summed E-state index contributed by atoms with van der Waals surface area (Å²) < 4.78 is 0. The molecule has 0 heterocycles. The van der Waals surface area contributed by atoms with Gasteiger partial charge in [-0.2, -0.15) is 0 Å². The van der Waals surface area contributed by atoms with Crippen LogP contribution in [-0.2, 0) is 9.59 Å². The lowest BCUT2D eigenvalue weighted by Crippen LogP contribution is -2.40. The van der Waals surface area contributed by atoms with E-state index in [0.29, 0.717) is 0 Å². The van der Waals surface area contributed by atoms with Crippen LogP contribution in [-0.4, -0.2) is 34.6 Å². The molecule has 0 aliphatic rings. The van der Waals surface area contributed by atoms with E-state index >= 15 is 0 Å². The van der Waals surface area contributed by atoms with Crippen LogP contribution in [0.15, 0.2) is 0 Å². The van der Waals surface area contributed by atoms with Crippen molar-refractivity contribution in [2.45, 2.75) is 6.04 Å². The maximum atomic E-state index is 10.2. The zero-order chi connectivity index (χ0) is 7.44. The molecule has 4 N–H and O–H groups in total. The zero-order valence-electron chi connectivity index (χ0n) is 4.57. The number of ketones is 1. The summed E-state index contributed by atoms with van der Waals surface area (Å²) in [7, 11) is 0. The van der Waals surface area contributed by atoms with E-state index in [4.69, 9.17) is 15.9 Å². The molecule has 0 radical (unpaired) electrons. The Morgan fingerprint density at radius 2 is 2.00 bits per heavy atom. The summed E-state index contributed by atoms with van der Waals surface area (Å²) in [6, 6.07) is -1.59. The lowest BCUT2D eigenvalue weighted by atomic mass is 10.2. The van der Waals surface area contributed by atoms with E-state index in [2.05, 4.69) is 0 Å². The number of aliphatic carboxylic acids is 1. The first kappa shape index (κ1) is 8.06. The van der Waals surface area contributed by atoms with Crippen molar-refractivity contribution in [3.05, 3.63) is 0 Å². The van der Waals surface area contributed by atoms with Gasteiger partial charge in [0, 0.05) is 0 Å². The molecule has 0 aromatic heterocycles. The molecule has 1 atom stereocenters. The number of nitrogens with two attached hydrogens (primary N) is 1. The third-order valence-corrected chi connectivity index (χ3v) is 0.769. The molecule has 0 bridgehead atoms. The Bertz CT molecular complexity index is 133. The van der Waals surface area contributed by atoms with E-state index in [9.17, 15) is 9.59 Å². The van der Waals surface area contributed by atoms with E-state index in [0.717, 1.165) is 0 Å². The highest BCUT2D eigenvalue weighted by Gasteiger charge is 2.19. The normalized spacial score (nSPS) is 12.7. The quantitative estimate of drug-likeness (QED) is 0.385. The number of carbonyl (C=O) groups is 2. The van der Waals surface area contributed by atoms with Crippen molar-refractivity contribution >= 4 is 11.8 Å². The minimum absolute atomic E-state index is 0.826. The first-order valence-corrected chi connectivity index (χ1v) is 2.21. The third kappa shape index (κ3) is 2.20. The summed E-state index contributed by atoms with van der Waals surface area (Å²) in [5, 5.41) is 16.1. The molecule has 0 saturated carbocycles. The van der Waals surface area contributed by atoms with E-state index in [1.54, 1.807) is 0 Å². The van der Waals surface area contributed by atoms with Gasteiger partial charge in [0.05, 0.1) is 0 Å². The van der Waals surface area contributed by atoms with E-state index < -0.39 is 24.4 Å². The zero-order valence-corrected chi connectivity index (χ0v) is 4.57. The third-order valence-electron chi connectivity index (χ3n) is 0.769. The number of carbonyl (C=O) groups excluding carboxylic acids is 1. The van der Waals surface area contributed by atoms with Gasteiger partial charge >= 0.3 is 5.97 Å². The molecule has 0 aromatic rings. The van der Waals surface area contributed by atoms with Crippen molar-refractivity contribution in [2.75, 3.05) is 6.61 Å². The average Bonchev–Trinajstić information content (AvgIpc) is 1.84. The summed E-state index contributed by atoms with van der Waals surface area (Å²) in [4.78, 5) is 20.0. The molecule has 0 spiro atoms. The fraction of sp³-hybridized carbons (Fsp3) is 0.500. The number of carboxylic acid groups (broad SMARTS) is 1. The predicted molar refractivity (Wildman–Crippen MR) is 27.7 cm³/mol. The van der Waals surface area contributed by atoms with Crippen LogP contribution in [0.5, 0.6) is 0 Å². The van der Waals surface area contributed by atoms with Crippen LogP contribution < -0.4 is 5.73 Å². The SMILES string of the molecule is NC(C(=O)O)C(=O)CO. The van der Waals surface area contributed by atoms with Gasteiger partial charge in [-0.25, -0.2) is 0 Å². The molecule has 0 aromatic carbocycles. The fourth-order valence-corrected chi connectivity index (χ4v) is 0.236. The first-order valence-electron chi connectivity index (χ1n) is 2.21. The predicted octanol–water partition coefficient (Wildman–Crippen LogP) is -2.04. The molecule has 52 valence electrons. The summed E-state index contributed by atoms with van der Waals surface area (Å²) >= 11 is 0. The van der Waals surface area contributed by atoms with Crippen molar-refractivity contribution in [1.29, 1.82) is 0 Å². The number of hydrogen-bond acceptors (Lipinski definition) is 4. The molecule has 0 fully saturated rings. The van der Waals surface area contributed by atoms with Crippen molar-refractivity contribution in [2.24, 2.45) is 5.73 Å². The highest BCUT2D eigenvalue weighted by molar-refractivity contribution is 6.02. The molecule has 9 heavy (non-hydrogen) atoms. The molecule has 0 rings (SSSR count). The van der Waals surface area contributed by atoms with Gasteiger partial charge in [0.15, 0.2) is 11.8 Å². The second-order valence-electron chi connectivity index (χ2n) is 1.44. The summed E-state index contributed by atoms with van der Waals surface area (Å²) in [5.74, 6) is -2.31. The van der Waals surface area contributed by atoms with Crippen LogP contribution in [0.1, 0.15) is 0 Å². The highest BCUT2D eigenvalue weighted by Crippen LogP contribution is 1.79. The van der Waals surface area contributed by atoms with Crippen molar-refractivity contribution in [1.82, 2.24) is 0 Å². The summed E-state index contributed by atoms with van der Waals surface area (Å²) in [6.45, 7) is -0.826. The molecular formula is C4H7NO4. The van der Waals surface area contributed by atoms with Gasteiger partial charge < -0.3 is 15.9 Å². The lowest BCUT2D eigenvalue weighted by Gasteiger charge is -1.99. The van der Waals surface area contributed by atoms with Gasteiger partial charge in [0.2, 0.25) is 0 Å². The van der Waals surface area contributed by atoms with Gasteiger partial charge in [-0.1, -0.05) is 0 Å². The molecule has 5 heteroatoms. The van der Waals surface area contributed by atoms with Crippen LogP contribution in [0, 0.1) is 0 Å². The molecule has 1 unspecified atom stereocenters. The van der Waals surface area contributed by atoms with Crippen molar-refractivity contribution in [3.63, 3.8) is 0 Å². The molecule has 0 aliphatic heterocycles. The minimum Gasteiger partial charge on any atom is -0.480 e. The highest BCUT2D eigenvalue weighted by atomic mass is 16.4. The van der Waals surface area contributed by atoms with E-state index in [-0.39, 0.29) is 0 Å². The van der Waals surface area contributed by atoms with E-state index in [1.807, 2.05) is 0 Å². The Morgan fingerprint density at radius 3 is 2.11 bits per heavy atom. The fourth-order valence-electron chi connectivity index (χ4n) is 0.236.